The Labute approximate surface area is 118 Å². The van der Waals surface area contributed by atoms with Crippen molar-refractivity contribution >= 4 is 11.6 Å². The normalized spacial score (nSPS) is 10.8. The van der Waals surface area contributed by atoms with E-state index in [4.69, 9.17) is 9.47 Å². The third kappa shape index (κ3) is 2.99. The van der Waals surface area contributed by atoms with Gasteiger partial charge in [-0.3, -0.25) is 0 Å². The Balaban J connectivity index is 2.41. The van der Waals surface area contributed by atoms with Crippen molar-refractivity contribution in [1.29, 1.82) is 5.26 Å². The van der Waals surface area contributed by atoms with E-state index >= 15 is 0 Å². The Morgan fingerprint density at radius 3 is 2.30 bits per heavy atom. The van der Waals surface area contributed by atoms with Gasteiger partial charge in [0.15, 0.2) is 11.5 Å². The SMILES string of the molecule is COc1ccc(/C=C(/C#N)c2ccccc2)cc1OC. The molecular weight excluding hydrogens is 250 g/mol. The number of hydrogen-bond acceptors (Lipinski definition) is 3. The number of rotatable bonds is 4. The van der Waals surface area contributed by atoms with Crippen LogP contribution in [0.3, 0.4) is 0 Å². The highest BCUT2D eigenvalue weighted by Gasteiger charge is 2.05. The van der Waals surface area contributed by atoms with Crippen molar-refractivity contribution in [2.45, 2.75) is 0 Å². The fraction of sp³-hybridized carbons (Fsp3) is 0.118. The molecule has 2 aromatic carbocycles. The molecule has 0 unspecified atom stereocenters. The van der Waals surface area contributed by atoms with E-state index in [1.165, 1.54) is 0 Å². The standard InChI is InChI=1S/C17H15NO2/c1-19-16-9-8-13(11-17(16)20-2)10-15(12-18)14-6-4-3-5-7-14/h3-11H,1-2H3/b15-10-. The first-order valence-electron chi connectivity index (χ1n) is 6.17. The molecule has 0 heterocycles. The first-order chi connectivity index (χ1) is 9.78. The van der Waals surface area contributed by atoms with Gasteiger partial charge >= 0.3 is 0 Å². The van der Waals surface area contributed by atoms with Crippen LogP contribution in [0, 0.1) is 11.3 Å². The van der Waals surface area contributed by atoms with Crippen molar-refractivity contribution in [3.8, 4) is 17.6 Å². The summed E-state index contributed by atoms with van der Waals surface area (Å²) in [6.07, 6.45) is 1.83. The fourth-order valence-electron chi connectivity index (χ4n) is 1.91. The van der Waals surface area contributed by atoms with E-state index in [1.807, 2.05) is 54.6 Å². The Bertz CT molecular complexity index is 654. The summed E-state index contributed by atoms with van der Waals surface area (Å²) in [4.78, 5) is 0. The molecule has 0 saturated carbocycles. The molecule has 0 spiro atoms. The van der Waals surface area contributed by atoms with Gasteiger partial charge in [0.25, 0.3) is 0 Å². The molecule has 3 nitrogen and oxygen atoms in total. The second-order valence-corrected chi connectivity index (χ2v) is 4.15. The smallest absolute Gasteiger partial charge is 0.161 e. The van der Waals surface area contributed by atoms with E-state index in [0.29, 0.717) is 17.1 Å². The van der Waals surface area contributed by atoms with Crippen molar-refractivity contribution in [3.63, 3.8) is 0 Å². The van der Waals surface area contributed by atoms with Crippen LogP contribution in [0.2, 0.25) is 0 Å². The maximum absolute atomic E-state index is 9.29. The first kappa shape index (κ1) is 13.7. The highest BCUT2D eigenvalue weighted by atomic mass is 16.5. The van der Waals surface area contributed by atoms with E-state index in [1.54, 1.807) is 14.2 Å². The van der Waals surface area contributed by atoms with Gasteiger partial charge in [-0.1, -0.05) is 36.4 Å². The quantitative estimate of drug-likeness (QED) is 0.624. The van der Waals surface area contributed by atoms with Crippen molar-refractivity contribution in [2.24, 2.45) is 0 Å². The lowest BCUT2D eigenvalue weighted by Gasteiger charge is -2.08. The minimum Gasteiger partial charge on any atom is -0.493 e. The van der Waals surface area contributed by atoms with Gasteiger partial charge < -0.3 is 9.47 Å². The third-order valence-electron chi connectivity index (χ3n) is 2.92. The number of benzene rings is 2. The molecule has 0 N–H and O–H groups in total. The zero-order chi connectivity index (χ0) is 14.4. The lowest BCUT2D eigenvalue weighted by Crippen LogP contribution is -1.90. The zero-order valence-corrected chi connectivity index (χ0v) is 11.5. The summed E-state index contributed by atoms with van der Waals surface area (Å²) in [6, 6.07) is 17.4. The summed E-state index contributed by atoms with van der Waals surface area (Å²) in [6.45, 7) is 0. The van der Waals surface area contributed by atoms with Gasteiger partial charge in [0.1, 0.15) is 0 Å². The average Bonchev–Trinajstić information content (AvgIpc) is 2.53. The van der Waals surface area contributed by atoms with Crippen LogP contribution in [0.5, 0.6) is 11.5 Å². The molecule has 0 bridgehead atoms. The van der Waals surface area contributed by atoms with Gasteiger partial charge in [0, 0.05) is 0 Å². The molecule has 0 atom stereocenters. The summed E-state index contributed by atoms with van der Waals surface area (Å²) >= 11 is 0. The number of methoxy groups -OCH3 is 2. The molecule has 0 amide bonds. The predicted octanol–water partition coefficient (Wildman–Crippen LogP) is 3.77. The van der Waals surface area contributed by atoms with E-state index in [-0.39, 0.29) is 0 Å². The summed E-state index contributed by atoms with van der Waals surface area (Å²) in [7, 11) is 3.19. The molecule has 0 aromatic heterocycles. The molecule has 2 rings (SSSR count). The highest BCUT2D eigenvalue weighted by molar-refractivity contribution is 5.89. The Hall–Kier alpha value is -2.73. The van der Waals surface area contributed by atoms with Gasteiger partial charge in [-0.25, -0.2) is 0 Å². The summed E-state index contributed by atoms with van der Waals surface area (Å²) in [5.41, 5.74) is 2.39. The van der Waals surface area contributed by atoms with E-state index in [9.17, 15) is 5.26 Å². The van der Waals surface area contributed by atoms with Crippen LogP contribution in [-0.4, -0.2) is 14.2 Å². The van der Waals surface area contributed by atoms with Gasteiger partial charge in [-0.2, -0.15) is 5.26 Å². The van der Waals surface area contributed by atoms with Crippen LogP contribution < -0.4 is 9.47 Å². The minimum atomic E-state index is 0.609. The molecule has 100 valence electrons. The second-order valence-electron chi connectivity index (χ2n) is 4.15. The molecule has 0 aliphatic rings. The van der Waals surface area contributed by atoms with Crippen LogP contribution in [0.15, 0.2) is 48.5 Å². The maximum atomic E-state index is 9.29. The summed E-state index contributed by atoms with van der Waals surface area (Å²) in [5, 5.41) is 9.29. The molecule has 0 aliphatic carbocycles. The van der Waals surface area contributed by atoms with Gasteiger partial charge in [0.2, 0.25) is 0 Å². The van der Waals surface area contributed by atoms with E-state index in [2.05, 4.69) is 6.07 Å². The zero-order valence-electron chi connectivity index (χ0n) is 11.5. The minimum absolute atomic E-state index is 0.609. The number of ether oxygens (including phenoxy) is 2. The van der Waals surface area contributed by atoms with Gasteiger partial charge in [-0.15, -0.1) is 0 Å². The molecule has 3 heteroatoms. The monoisotopic (exact) mass is 265 g/mol. The van der Waals surface area contributed by atoms with Gasteiger partial charge in [-0.05, 0) is 29.3 Å². The molecule has 2 aromatic rings. The maximum Gasteiger partial charge on any atom is 0.161 e. The molecule has 0 fully saturated rings. The van der Waals surface area contributed by atoms with Crippen molar-refractivity contribution in [1.82, 2.24) is 0 Å². The fourth-order valence-corrected chi connectivity index (χ4v) is 1.91. The Kier molecular flexibility index (Phi) is 4.41. The summed E-state index contributed by atoms with van der Waals surface area (Å²) in [5.74, 6) is 1.31. The predicted molar refractivity (Wildman–Crippen MR) is 79.5 cm³/mol. The Morgan fingerprint density at radius 1 is 1.00 bits per heavy atom. The summed E-state index contributed by atoms with van der Waals surface area (Å²) < 4.78 is 10.5. The Morgan fingerprint density at radius 2 is 1.70 bits per heavy atom. The average molecular weight is 265 g/mol. The molecule has 0 radical (unpaired) electrons. The number of nitrogens with zero attached hydrogens (tertiary/aromatic N) is 1. The largest absolute Gasteiger partial charge is 0.493 e. The number of nitriles is 1. The molecule has 20 heavy (non-hydrogen) atoms. The van der Waals surface area contributed by atoms with Crippen LogP contribution >= 0.6 is 0 Å². The topological polar surface area (TPSA) is 42.2 Å². The first-order valence-corrected chi connectivity index (χ1v) is 6.17. The second kappa shape index (κ2) is 6.44. The molecule has 0 saturated heterocycles. The molecule has 0 aliphatic heterocycles. The molecular formula is C17H15NO2. The third-order valence-corrected chi connectivity index (χ3v) is 2.92. The van der Waals surface area contributed by atoms with Crippen molar-refractivity contribution in [2.75, 3.05) is 14.2 Å². The lowest BCUT2D eigenvalue weighted by molar-refractivity contribution is 0.355. The van der Waals surface area contributed by atoms with E-state index in [0.717, 1.165) is 11.1 Å². The van der Waals surface area contributed by atoms with Crippen LogP contribution in [0.4, 0.5) is 0 Å². The van der Waals surface area contributed by atoms with Crippen molar-refractivity contribution in [3.05, 3.63) is 59.7 Å². The number of allylic oxidation sites excluding steroid dienone is 1. The van der Waals surface area contributed by atoms with Crippen LogP contribution in [0.25, 0.3) is 11.6 Å². The van der Waals surface area contributed by atoms with E-state index < -0.39 is 0 Å². The van der Waals surface area contributed by atoms with Crippen LogP contribution in [-0.2, 0) is 0 Å². The lowest BCUT2D eigenvalue weighted by atomic mass is 10.0. The highest BCUT2D eigenvalue weighted by Crippen LogP contribution is 2.29. The van der Waals surface area contributed by atoms with Crippen molar-refractivity contribution < 1.29 is 9.47 Å². The van der Waals surface area contributed by atoms with Crippen LogP contribution in [0.1, 0.15) is 11.1 Å². The van der Waals surface area contributed by atoms with Gasteiger partial charge in [0.05, 0.1) is 25.9 Å². The number of hydrogen-bond donors (Lipinski definition) is 0.